The molecule has 0 saturated carbocycles. The normalized spacial score (nSPS) is 23.4. The number of aliphatic imine (C=N–C) groups is 1. The molecule has 2 unspecified atom stereocenters. The predicted molar refractivity (Wildman–Crippen MR) is 115 cm³/mol. The zero-order chi connectivity index (χ0) is 19.2. The second-order valence-electron chi connectivity index (χ2n) is 7.56. The Morgan fingerprint density at radius 1 is 1.04 bits per heavy atom. The molecular formula is C21H24N2O2S2. The SMILES string of the molecule is Cc1ccc(CSC2=NC3CS(=O)(=O)CC3N2c2cc(C)ccc2C)cc1. The Bertz CT molecular complexity index is 997. The Labute approximate surface area is 165 Å². The fourth-order valence-electron chi connectivity index (χ4n) is 3.73. The van der Waals surface area contributed by atoms with Gasteiger partial charge in [-0.25, -0.2) is 8.42 Å². The molecule has 0 spiro atoms. The van der Waals surface area contributed by atoms with Crippen molar-refractivity contribution in [3.8, 4) is 0 Å². The number of nitrogens with zero attached hydrogens (tertiary/aromatic N) is 2. The number of sulfone groups is 1. The molecule has 4 rings (SSSR count). The van der Waals surface area contributed by atoms with E-state index in [1.807, 2.05) is 0 Å². The second kappa shape index (κ2) is 6.99. The van der Waals surface area contributed by atoms with Gasteiger partial charge in [-0.1, -0.05) is 53.7 Å². The van der Waals surface area contributed by atoms with E-state index in [-0.39, 0.29) is 23.6 Å². The van der Waals surface area contributed by atoms with E-state index in [1.54, 1.807) is 11.8 Å². The van der Waals surface area contributed by atoms with Gasteiger partial charge >= 0.3 is 0 Å². The molecule has 6 heteroatoms. The van der Waals surface area contributed by atoms with Crippen LogP contribution in [0.3, 0.4) is 0 Å². The summed E-state index contributed by atoms with van der Waals surface area (Å²) >= 11 is 1.70. The second-order valence-corrected chi connectivity index (χ2v) is 10.7. The van der Waals surface area contributed by atoms with Crippen molar-refractivity contribution < 1.29 is 8.42 Å². The Morgan fingerprint density at radius 2 is 1.74 bits per heavy atom. The number of thioether (sulfide) groups is 1. The smallest absolute Gasteiger partial charge is 0.164 e. The lowest BCUT2D eigenvalue weighted by atomic mass is 10.1. The number of benzene rings is 2. The third-order valence-electron chi connectivity index (χ3n) is 5.22. The molecule has 142 valence electrons. The van der Waals surface area contributed by atoms with Crippen molar-refractivity contribution in [2.24, 2.45) is 4.99 Å². The van der Waals surface area contributed by atoms with E-state index >= 15 is 0 Å². The molecular weight excluding hydrogens is 376 g/mol. The Hall–Kier alpha value is -1.79. The van der Waals surface area contributed by atoms with Gasteiger partial charge in [0.2, 0.25) is 0 Å². The molecule has 1 saturated heterocycles. The molecule has 0 amide bonds. The quantitative estimate of drug-likeness (QED) is 0.784. The van der Waals surface area contributed by atoms with Crippen molar-refractivity contribution in [1.29, 1.82) is 0 Å². The summed E-state index contributed by atoms with van der Waals surface area (Å²) in [6.45, 7) is 6.23. The minimum atomic E-state index is -3.02. The average molecular weight is 401 g/mol. The number of anilines is 1. The number of rotatable bonds is 3. The largest absolute Gasteiger partial charge is 0.315 e. The van der Waals surface area contributed by atoms with E-state index < -0.39 is 9.84 Å². The topological polar surface area (TPSA) is 49.7 Å². The van der Waals surface area contributed by atoms with Crippen molar-refractivity contribution in [2.45, 2.75) is 38.6 Å². The van der Waals surface area contributed by atoms with Gasteiger partial charge in [-0.2, -0.15) is 0 Å². The molecule has 0 radical (unpaired) electrons. The van der Waals surface area contributed by atoms with Gasteiger partial charge in [0, 0.05) is 11.4 Å². The summed E-state index contributed by atoms with van der Waals surface area (Å²) in [4.78, 5) is 7.01. The molecule has 4 nitrogen and oxygen atoms in total. The van der Waals surface area contributed by atoms with Gasteiger partial charge in [-0.15, -0.1) is 0 Å². The van der Waals surface area contributed by atoms with Crippen LogP contribution in [-0.4, -0.2) is 37.2 Å². The highest BCUT2D eigenvalue weighted by molar-refractivity contribution is 8.13. The maximum absolute atomic E-state index is 12.2. The molecule has 2 aliphatic rings. The first kappa shape index (κ1) is 18.6. The fraction of sp³-hybridized carbons (Fsp3) is 0.381. The number of hydrogen-bond acceptors (Lipinski definition) is 5. The van der Waals surface area contributed by atoms with Crippen LogP contribution in [0.5, 0.6) is 0 Å². The molecule has 2 atom stereocenters. The van der Waals surface area contributed by atoms with Crippen LogP contribution in [0.2, 0.25) is 0 Å². The first-order valence-electron chi connectivity index (χ1n) is 9.15. The number of amidine groups is 1. The van der Waals surface area contributed by atoms with Crippen molar-refractivity contribution in [3.63, 3.8) is 0 Å². The molecule has 1 fully saturated rings. The van der Waals surface area contributed by atoms with E-state index in [0.29, 0.717) is 0 Å². The molecule has 2 aromatic rings. The molecule has 2 heterocycles. The molecule has 2 aliphatic heterocycles. The van der Waals surface area contributed by atoms with Gasteiger partial charge in [0.15, 0.2) is 15.0 Å². The lowest BCUT2D eigenvalue weighted by Crippen LogP contribution is -2.39. The third kappa shape index (κ3) is 3.78. The Balaban J connectivity index is 1.65. The first-order valence-corrected chi connectivity index (χ1v) is 12.0. The van der Waals surface area contributed by atoms with Crippen LogP contribution in [-0.2, 0) is 15.6 Å². The highest BCUT2D eigenvalue weighted by atomic mass is 32.2. The molecule has 0 aliphatic carbocycles. The number of fused-ring (bicyclic) bond motifs is 1. The maximum atomic E-state index is 12.2. The Morgan fingerprint density at radius 3 is 2.48 bits per heavy atom. The van der Waals surface area contributed by atoms with Crippen LogP contribution >= 0.6 is 11.8 Å². The van der Waals surface area contributed by atoms with Crippen LogP contribution in [0.25, 0.3) is 0 Å². The molecule has 2 aromatic carbocycles. The van der Waals surface area contributed by atoms with Gasteiger partial charge < -0.3 is 4.90 Å². The van der Waals surface area contributed by atoms with Gasteiger partial charge in [-0.05, 0) is 43.5 Å². The van der Waals surface area contributed by atoms with E-state index in [4.69, 9.17) is 4.99 Å². The van der Waals surface area contributed by atoms with E-state index in [0.717, 1.165) is 22.2 Å². The van der Waals surface area contributed by atoms with Gasteiger partial charge in [-0.3, -0.25) is 4.99 Å². The summed E-state index contributed by atoms with van der Waals surface area (Å²) in [6.07, 6.45) is 0. The van der Waals surface area contributed by atoms with Gasteiger partial charge in [0.05, 0.1) is 23.6 Å². The van der Waals surface area contributed by atoms with Crippen molar-refractivity contribution in [3.05, 3.63) is 64.7 Å². The van der Waals surface area contributed by atoms with Crippen LogP contribution < -0.4 is 4.90 Å². The molecule has 0 N–H and O–H groups in total. The highest BCUT2D eigenvalue weighted by Crippen LogP contribution is 2.37. The lowest BCUT2D eigenvalue weighted by Gasteiger charge is -2.28. The minimum Gasteiger partial charge on any atom is -0.315 e. The Kier molecular flexibility index (Phi) is 4.80. The maximum Gasteiger partial charge on any atom is 0.164 e. The zero-order valence-electron chi connectivity index (χ0n) is 15.8. The van der Waals surface area contributed by atoms with Gasteiger partial charge in [0.1, 0.15) is 0 Å². The van der Waals surface area contributed by atoms with Crippen molar-refractivity contribution >= 4 is 32.5 Å². The highest BCUT2D eigenvalue weighted by Gasteiger charge is 2.47. The predicted octanol–water partition coefficient (Wildman–Crippen LogP) is 3.89. The minimum absolute atomic E-state index is 0.0870. The third-order valence-corrected chi connectivity index (χ3v) is 7.96. The van der Waals surface area contributed by atoms with E-state index in [2.05, 4.69) is 68.1 Å². The standard InChI is InChI=1S/C21H24N2O2S2/c1-14-5-8-17(9-6-14)11-26-21-22-18-12-27(24,25)13-20(18)23(21)19-10-15(2)4-7-16(19)3/h4-10,18,20H,11-13H2,1-3H3. The first-order chi connectivity index (χ1) is 12.8. The van der Waals surface area contributed by atoms with E-state index in [9.17, 15) is 8.42 Å². The summed E-state index contributed by atoms with van der Waals surface area (Å²) in [7, 11) is -3.02. The lowest BCUT2D eigenvalue weighted by molar-refractivity contribution is 0.601. The monoisotopic (exact) mass is 400 g/mol. The van der Waals surface area contributed by atoms with Crippen LogP contribution in [0.1, 0.15) is 22.3 Å². The average Bonchev–Trinajstić information content (AvgIpc) is 3.08. The summed E-state index contributed by atoms with van der Waals surface area (Å²) < 4.78 is 24.4. The van der Waals surface area contributed by atoms with Gasteiger partial charge in [0.25, 0.3) is 0 Å². The number of hydrogen-bond donors (Lipinski definition) is 0. The summed E-state index contributed by atoms with van der Waals surface area (Å²) in [5, 5.41) is 0.939. The summed E-state index contributed by atoms with van der Waals surface area (Å²) in [5.74, 6) is 1.17. The molecule has 0 bridgehead atoms. The van der Waals surface area contributed by atoms with Crippen molar-refractivity contribution in [1.82, 2.24) is 0 Å². The van der Waals surface area contributed by atoms with Crippen LogP contribution in [0, 0.1) is 20.8 Å². The molecule has 27 heavy (non-hydrogen) atoms. The summed E-state index contributed by atoms with van der Waals surface area (Å²) in [5.41, 5.74) is 5.89. The zero-order valence-corrected chi connectivity index (χ0v) is 17.5. The van der Waals surface area contributed by atoms with Crippen LogP contribution in [0.4, 0.5) is 5.69 Å². The molecule has 0 aromatic heterocycles. The number of aryl methyl sites for hydroxylation is 3. The summed E-state index contributed by atoms with van der Waals surface area (Å²) in [6, 6.07) is 14.6. The van der Waals surface area contributed by atoms with Crippen LogP contribution in [0.15, 0.2) is 47.5 Å². The fourth-order valence-corrected chi connectivity index (χ4v) is 6.64. The van der Waals surface area contributed by atoms with Crippen molar-refractivity contribution in [2.75, 3.05) is 16.4 Å². The van der Waals surface area contributed by atoms with E-state index in [1.165, 1.54) is 16.7 Å².